The maximum absolute atomic E-state index is 10.1. The van der Waals surface area contributed by atoms with Crippen LogP contribution in [0.15, 0.2) is 0 Å². The van der Waals surface area contributed by atoms with E-state index in [1.54, 1.807) is 0 Å². The second-order valence-electron chi connectivity index (χ2n) is 3.43. The van der Waals surface area contributed by atoms with Gasteiger partial charge in [0.15, 0.2) is 0 Å². The van der Waals surface area contributed by atoms with Gasteiger partial charge in [-0.05, 0) is 41.7 Å². The first-order chi connectivity index (χ1) is 8.04. The van der Waals surface area contributed by atoms with Crippen molar-refractivity contribution in [2.75, 3.05) is 26.4 Å². The molecule has 2 aliphatic heterocycles. The second kappa shape index (κ2) is 11.5. The zero-order valence-electron chi connectivity index (χ0n) is 9.35. The Balaban J connectivity index is 0.000000246. The van der Waals surface area contributed by atoms with Crippen LogP contribution in [0.25, 0.3) is 0 Å². The lowest BCUT2D eigenvalue weighted by atomic mass is 10.1. The molecule has 2 aliphatic rings. The Morgan fingerprint density at radius 1 is 1.18 bits per heavy atom. The highest BCUT2D eigenvalue weighted by Gasteiger charge is 2.21. The molecule has 5 nitrogen and oxygen atoms in total. The van der Waals surface area contributed by atoms with E-state index in [4.69, 9.17) is 19.5 Å². The molecule has 0 aromatic rings. The van der Waals surface area contributed by atoms with Crippen LogP contribution in [0.4, 0.5) is 0 Å². The van der Waals surface area contributed by atoms with Gasteiger partial charge in [0.05, 0.1) is 12.5 Å². The summed E-state index contributed by atoms with van der Waals surface area (Å²) in [5, 5.41) is 8.33. The van der Waals surface area contributed by atoms with Crippen LogP contribution in [-0.4, -0.2) is 42.4 Å². The van der Waals surface area contributed by atoms with Crippen molar-refractivity contribution < 1.29 is 24.3 Å². The Labute approximate surface area is 111 Å². The van der Waals surface area contributed by atoms with Gasteiger partial charge in [-0.15, -0.1) is 0 Å². The third-order valence-electron chi connectivity index (χ3n) is 2.11. The minimum Gasteiger partial charge on any atom is -0.481 e. The summed E-state index contributed by atoms with van der Waals surface area (Å²) in [6, 6.07) is 0. The van der Waals surface area contributed by atoms with Gasteiger partial charge in [0.25, 0.3) is 0 Å². The Kier molecular flexibility index (Phi) is 11.7. The molecule has 2 fully saturated rings. The van der Waals surface area contributed by atoms with Gasteiger partial charge in [-0.25, -0.2) is 0 Å². The summed E-state index contributed by atoms with van der Waals surface area (Å²) in [4.78, 5) is 17.8. The van der Waals surface area contributed by atoms with Crippen molar-refractivity contribution in [1.82, 2.24) is 0 Å². The molecule has 0 aromatic heterocycles. The molecule has 17 heavy (non-hydrogen) atoms. The lowest BCUT2D eigenvalue weighted by Gasteiger charge is -1.95. The number of carboxylic acids is 1. The van der Waals surface area contributed by atoms with Crippen LogP contribution in [0, 0.1) is 5.92 Å². The molecule has 2 N–H and O–H groups in total. The van der Waals surface area contributed by atoms with Crippen LogP contribution in [0.1, 0.15) is 19.3 Å². The molecule has 0 bridgehead atoms. The largest absolute Gasteiger partial charge is 0.481 e. The Morgan fingerprint density at radius 3 is 1.88 bits per heavy atom. The average Bonchev–Trinajstić information content (AvgIpc) is 2.94. The molecule has 2 heterocycles. The van der Waals surface area contributed by atoms with Crippen molar-refractivity contribution in [3.05, 3.63) is 0 Å². The first-order valence-corrected chi connectivity index (χ1v) is 8.33. The van der Waals surface area contributed by atoms with E-state index in [-0.39, 0.29) is 5.92 Å². The highest BCUT2D eigenvalue weighted by molar-refractivity contribution is 7.99. The van der Waals surface area contributed by atoms with E-state index >= 15 is 0 Å². The molecule has 102 valence electrons. The highest BCUT2D eigenvalue weighted by atomic mass is 35.9. The molecular weight excluding hydrogens is 290 g/mol. The topological polar surface area (TPSA) is 76.0 Å². The number of aliphatic carboxylic acids is 1. The third-order valence-corrected chi connectivity index (χ3v) is 2.11. The van der Waals surface area contributed by atoms with Gasteiger partial charge in [0.2, 0.25) is 6.85 Å². The molecule has 1 unspecified atom stereocenters. The Bertz CT molecular complexity index is 185. The van der Waals surface area contributed by atoms with Crippen LogP contribution in [0.2, 0.25) is 0 Å². The fourth-order valence-corrected chi connectivity index (χ4v) is 1.24. The second-order valence-corrected chi connectivity index (χ2v) is 6.30. The lowest BCUT2D eigenvalue weighted by molar-refractivity contribution is -0.141. The quantitative estimate of drug-likeness (QED) is 0.728. The number of hydrogen-bond donors (Lipinski definition) is 2. The number of carbonyl (C=O) groups is 1. The third kappa shape index (κ3) is 12.6. The molecule has 2 saturated heterocycles. The maximum atomic E-state index is 10.1. The van der Waals surface area contributed by atoms with E-state index < -0.39 is 12.8 Å². The Morgan fingerprint density at radius 2 is 1.71 bits per heavy atom. The summed E-state index contributed by atoms with van der Waals surface area (Å²) >= 11 is 9.32. The van der Waals surface area contributed by atoms with E-state index in [9.17, 15) is 4.79 Å². The van der Waals surface area contributed by atoms with Crippen molar-refractivity contribution in [2.45, 2.75) is 19.3 Å². The van der Waals surface area contributed by atoms with E-state index in [1.807, 2.05) is 0 Å². The summed E-state index contributed by atoms with van der Waals surface area (Å²) in [7, 11) is 0. The summed E-state index contributed by atoms with van der Waals surface area (Å²) < 4.78 is 9.78. The first kappa shape index (κ1) is 17.4. The van der Waals surface area contributed by atoms with Gasteiger partial charge in [0, 0.05) is 19.8 Å². The van der Waals surface area contributed by atoms with E-state index in [0.717, 1.165) is 13.2 Å². The fraction of sp³-hybridized carbons (Fsp3) is 0.889. The molecule has 0 aromatic carbocycles. The normalized spacial score (nSPS) is 22.5. The minimum absolute atomic E-state index is 0.241. The van der Waals surface area contributed by atoms with Gasteiger partial charge in [-0.1, -0.05) is 0 Å². The molecule has 0 aliphatic carbocycles. The molecule has 0 spiro atoms. The summed E-state index contributed by atoms with van der Waals surface area (Å²) in [6.07, 6.45) is 3.23. The fourth-order valence-electron chi connectivity index (χ4n) is 1.24. The highest BCUT2D eigenvalue weighted by Crippen LogP contribution is 2.40. The molecule has 2 rings (SSSR count). The minimum atomic E-state index is -1.68. The predicted octanol–water partition coefficient (Wildman–Crippen LogP) is 2.59. The van der Waals surface area contributed by atoms with Crippen molar-refractivity contribution in [3.8, 4) is 0 Å². The predicted molar refractivity (Wildman–Crippen MR) is 67.5 cm³/mol. The molecule has 8 heteroatoms. The summed E-state index contributed by atoms with van der Waals surface area (Å²) in [5.41, 5.74) is 0. The van der Waals surface area contributed by atoms with Gasteiger partial charge in [-0.2, -0.15) is 0 Å². The molecule has 1 atom stereocenters. The average molecular weight is 307 g/mol. The number of halogens is 2. The standard InChI is InChI=1S/C5H8O3.C4H8O.Cl2HOP/c6-5(7)4-1-2-8-3-4;1-2-4-5-3-1;1-4(2)3/h4H,1-3H2,(H,6,7);1-4H2;3H. The molecule has 0 saturated carbocycles. The van der Waals surface area contributed by atoms with Crippen molar-refractivity contribution >= 4 is 35.3 Å². The summed E-state index contributed by atoms with van der Waals surface area (Å²) in [5.74, 6) is -0.975. The van der Waals surface area contributed by atoms with Crippen LogP contribution in [0.5, 0.6) is 0 Å². The van der Waals surface area contributed by atoms with Gasteiger partial charge < -0.3 is 19.5 Å². The zero-order valence-corrected chi connectivity index (χ0v) is 11.8. The monoisotopic (exact) mass is 306 g/mol. The van der Waals surface area contributed by atoms with Crippen LogP contribution < -0.4 is 0 Å². The van der Waals surface area contributed by atoms with E-state index in [2.05, 4.69) is 22.5 Å². The van der Waals surface area contributed by atoms with Crippen molar-refractivity contribution in [2.24, 2.45) is 5.92 Å². The maximum Gasteiger partial charge on any atom is 0.308 e. The number of rotatable bonds is 1. The van der Waals surface area contributed by atoms with Gasteiger partial charge in [0.1, 0.15) is 0 Å². The Hall–Kier alpha value is 0.360. The van der Waals surface area contributed by atoms with Gasteiger partial charge >= 0.3 is 5.97 Å². The van der Waals surface area contributed by atoms with Crippen molar-refractivity contribution in [3.63, 3.8) is 0 Å². The van der Waals surface area contributed by atoms with E-state index in [0.29, 0.717) is 19.6 Å². The number of ether oxygens (including phenoxy) is 2. The van der Waals surface area contributed by atoms with Crippen molar-refractivity contribution in [1.29, 1.82) is 0 Å². The molecule has 0 radical (unpaired) electrons. The van der Waals surface area contributed by atoms with Crippen LogP contribution >= 0.6 is 29.3 Å². The first-order valence-electron chi connectivity index (χ1n) is 5.23. The lowest BCUT2D eigenvalue weighted by Crippen LogP contribution is -2.12. The molecule has 0 amide bonds. The molecular formula is C9H17Cl2O5P. The number of carboxylic acid groups (broad SMARTS) is 1. The summed E-state index contributed by atoms with van der Waals surface area (Å²) in [6.45, 7) is 1.33. The van der Waals surface area contributed by atoms with Crippen LogP contribution in [0.3, 0.4) is 0 Å². The number of hydrogen-bond acceptors (Lipinski definition) is 4. The van der Waals surface area contributed by atoms with E-state index in [1.165, 1.54) is 12.8 Å². The smallest absolute Gasteiger partial charge is 0.308 e. The van der Waals surface area contributed by atoms with Gasteiger partial charge in [-0.3, -0.25) is 4.79 Å². The SMILES string of the molecule is C1CCOC1.O=C(O)C1CCOC1.OP(Cl)Cl. The van der Waals surface area contributed by atoms with Crippen LogP contribution in [-0.2, 0) is 14.3 Å². The zero-order chi connectivity index (χ0) is 13.1.